The number of aliphatic hydroxyl groups is 1. The largest absolute Gasteiger partial charge is 0.396 e. The molecule has 1 aliphatic rings. The summed E-state index contributed by atoms with van der Waals surface area (Å²) in [4.78, 5) is 14.2. The van der Waals surface area contributed by atoms with E-state index in [2.05, 4.69) is 5.10 Å². The predicted molar refractivity (Wildman–Crippen MR) is 63.6 cm³/mol. The van der Waals surface area contributed by atoms with Crippen LogP contribution in [-0.2, 0) is 7.05 Å². The molecule has 0 aliphatic carbocycles. The number of carbonyl (C=O) groups is 1. The Morgan fingerprint density at radius 3 is 3.06 bits per heavy atom. The maximum Gasteiger partial charge on any atom is 0.272 e. The molecule has 1 amide bonds. The summed E-state index contributed by atoms with van der Waals surface area (Å²) in [6.45, 7) is 0.925. The Morgan fingerprint density at radius 1 is 1.59 bits per heavy atom. The van der Waals surface area contributed by atoms with E-state index in [0.29, 0.717) is 12.1 Å². The van der Waals surface area contributed by atoms with Gasteiger partial charge in [-0.05, 0) is 31.7 Å². The van der Waals surface area contributed by atoms with Crippen molar-refractivity contribution in [1.29, 1.82) is 0 Å². The van der Waals surface area contributed by atoms with Crippen LogP contribution < -0.4 is 0 Å². The zero-order valence-corrected chi connectivity index (χ0v) is 10.2. The number of likely N-dealkylation sites (tertiary alicyclic amines) is 1. The smallest absolute Gasteiger partial charge is 0.272 e. The van der Waals surface area contributed by atoms with E-state index in [1.54, 1.807) is 24.0 Å². The standard InChI is InChI=1S/C12H19N3O2/c1-14-11(5-7-13-14)12(17)15-8-3-2-4-10(15)6-9-16/h5,7,10,16H,2-4,6,8-9H2,1H3. The number of carbonyl (C=O) groups excluding carboxylic acids is 1. The van der Waals surface area contributed by atoms with E-state index in [1.807, 2.05) is 4.90 Å². The van der Waals surface area contributed by atoms with Gasteiger partial charge in [0, 0.05) is 32.4 Å². The summed E-state index contributed by atoms with van der Waals surface area (Å²) >= 11 is 0. The highest BCUT2D eigenvalue weighted by atomic mass is 16.3. The summed E-state index contributed by atoms with van der Waals surface area (Å²) in [5, 5.41) is 13.1. The third-order valence-electron chi connectivity index (χ3n) is 3.39. The highest BCUT2D eigenvalue weighted by molar-refractivity contribution is 5.92. The number of rotatable bonds is 3. The Morgan fingerprint density at radius 2 is 2.41 bits per heavy atom. The van der Waals surface area contributed by atoms with Crippen molar-refractivity contribution in [3.05, 3.63) is 18.0 Å². The second kappa shape index (κ2) is 5.31. The van der Waals surface area contributed by atoms with Gasteiger partial charge in [-0.3, -0.25) is 9.48 Å². The van der Waals surface area contributed by atoms with Crippen molar-refractivity contribution in [2.45, 2.75) is 31.7 Å². The number of hydrogen-bond donors (Lipinski definition) is 1. The average Bonchev–Trinajstić information content (AvgIpc) is 2.76. The fraction of sp³-hybridized carbons (Fsp3) is 0.667. The fourth-order valence-corrected chi connectivity index (χ4v) is 2.45. The van der Waals surface area contributed by atoms with Crippen molar-refractivity contribution in [3.63, 3.8) is 0 Å². The van der Waals surface area contributed by atoms with Crippen molar-refractivity contribution >= 4 is 5.91 Å². The van der Waals surface area contributed by atoms with Crippen LogP contribution in [0, 0.1) is 0 Å². The summed E-state index contributed by atoms with van der Waals surface area (Å²) in [5.41, 5.74) is 0.620. The van der Waals surface area contributed by atoms with E-state index in [-0.39, 0.29) is 18.6 Å². The first-order valence-corrected chi connectivity index (χ1v) is 6.14. The molecule has 0 radical (unpaired) electrons. The number of piperidine rings is 1. The van der Waals surface area contributed by atoms with E-state index in [9.17, 15) is 4.79 Å². The van der Waals surface area contributed by atoms with Gasteiger partial charge in [0.1, 0.15) is 5.69 Å². The molecular weight excluding hydrogens is 218 g/mol. The van der Waals surface area contributed by atoms with Crippen molar-refractivity contribution in [2.24, 2.45) is 7.05 Å². The lowest BCUT2D eigenvalue weighted by Crippen LogP contribution is -2.44. The molecule has 0 aromatic carbocycles. The molecule has 5 heteroatoms. The van der Waals surface area contributed by atoms with Gasteiger partial charge >= 0.3 is 0 Å². The molecule has 1 atom stereocenters. The summed E-state index contributed by atoms with van der Waals surface area (Å²) in [7, 11) is 1.78. The van der Waals surface area contributed by atoms with E-state index in [0.717, 1.165) is 25.8 Å². The van der Waals surface area contributed by atoms with Gasteiger partial charge in [-0.15, -0.1) is 0 Å². The Hall–Kier alpha value is -1.36. The van der Waals surface area contributed by atoms with Crippen molar-refractivity contribution < 1.29 is 9.90 Å². The first-order valence-electron chi connectivity index (χ1n) is 6.14. The van der Waals surface area contributed by atoms with Gasteiger partial charge in [0.2, 0.25) is 0 Å². The summed E-state index contributed by atoms with van der Waals surface area (Å²) in [6.07, 6.45) is 5.48. The van der Waals surface area contributed by atoms with Crippen LogP contribution in [0.1, 0.15) is 36.2 Å². The van der Waals surface area contributed by atoms with Gasteiger partial charge in [-0.2, -0.15) is 5.10 Å². The first kappa shape index (κ1) is 12.1. The zero-order valence-electron chi connectivity index (χ0n) is 10.2. The molecule has 0 bridgehead atoms. The quantitative estimate of drug-likeness (QED) is 0.846. The van der Waals surface area contributed by atoms with Crippen molar-refractivity contribution in [3.8, 4) is 0 Å². The number of amides is 1. The summed E-state index contributed by atoms with van der Waals surface area (Å²) < 4.78 is 1.60. The van der Waals surface area contributed by atoms with E-state index >= 15 is 0 Å². The van der Waals surface area contributed by atoms with Crippen LogP contribution in [-0.4, -0.2) is 44.9 Å². The van der Waals surface area contributed by atoms with Gasteiger partial charge in [0.25, 0.3) is 5.91 Å². The highest BCUT2D eigenvalue weighted by Gasteiger charge is 2.28. The molecule has 2 heterocycles. The Balaban J connectivity index is 2.14. The molecule has 2 rings (SSSR count). The second-order valence-corrected chi connectivity index (χ2v) is 4.50. The molecule has 0 spiro atoms. The van der Waals surface area contributed by atoms with Gasteiger partial charge in [0.15, 0.2) is 0 Å². The maximum atomic E-state index is 12.4. The third-order valence-corrected chi connectivity index (χ3v) is 3.39. The highest BCUT2D eigenvalue weighted by Crippen LogP contribution is 2.21. The normalized spacial score (nSPS) is 20.6. The Labute approximate surface area is 101 Å². The summed E-state index contributed by atoms with van der Waals surface area (Å²) in [6, 6.07) is 1.92. The molecule has 5 nitrogen and oxygen atoms in total. The maximum absolute atomic E-state index is 12.4. The van der Waals surface area contributed by atoms with Crippen LogP contribution in [0.25, 0.3) is 0 Å². The van der Waals surface area contributed by atoms with Crippen LogP contribution in [0.15, 0.2) is 12.3 Å². The second-order valence-electron chi connectivity index (χ2n) is 4.50. The lowest BCUT2D eigenvalue weighted by Gasteiger charge is -2.35. The van der Waals surface area contributed by atoms with Gasteiger partial charge in [-0.25, -0.2) is 0 Å². The van der Waals surface area contributed by atoms with Crippen molar-refractivity contribution in [1.82, 2.24) is 14.7 Å². The lowest BCUT2D eigenvalue weighted by atomic mass is 9.99. The van der Waals surface area contributed by atoms with E-state index in [1.165, 1.54) is 0 Å². The van der Waals surface area contributed by atoms with Crippen LogP contribution >= 0.6 is 0 Å². The first-order chi connectivity index (χ1) is 8.24. The molecule has 17 heavy (non-hydrogen) atoms. The third kappa shape index (κ3) is 2.49. The zero-order chi connectivity index (χ0) is 12.3. The minimum atomic E-state index is 0.0307. The Kier molecular flexibility index (Phi) is 3.78. The number of aromatic nitrogens is 2. The number of hydrogen-bond acceptors (Lipinski definition) is 3. The molecular formula is C12H19N3O2. The molecule has 1 aliphatic heterocycles. The lowest BCUT2D eigenvalue weighted by molar-refractivity contribution is 0.0563. The molecule has 94 valence electrons. The molecule has 1 fully saturated rings. The van der Waals surface area contributed by atoms with E-state index in [4.69, 9.17) is 5.11 Å². The summed E-state index contributed by atoms with van der Waals surface area (Å²) in [5.74, 6) is 0.0307. The topological polar surface area (TPSA) is 58.4 Å². The number of aryl methyl sites for hydroxylation is 1. The van der Waals surface area contributed by atoms with Crippen LogP contribution in [0.2, 0.25) is 0 Å². The monoisotopic (exact) mass is 237 g/mol. The molecule has 1 aromatic rings. The molecule has 1 N–H and O–H groups in total. The van der Waals surface area contributed by atoms with Crippen molar-refractivity contribution in [2.75, 3.05) is 13.2 Å². The molecule has 1 aromatic heterocycles. The number of nitrogens with zero attached hydrogens (tertiary/aromatic N) is 3. The Bertz CT molecular complexity index is 387. The van der Waals surface area contributed by atoms with E-state index < -0.39 is 0 Å². The minimum Gasteiger partial charge on any atom is -0.396 e. The number of aliphatic hydroxyl groups excluding tert-OH is 1. The predicted octanol–water partition coefficient (Wildman–Crippen LogP) is 0.797. The fourth-order valence-electron chi connectivity index (χ4n) is 2.45. The molecule has 1 saturated heterocycles. The molecule has 1 unspecified atom stereocenters. The van der Waals surface area contributed by atoms with Crippen LogP contribution in [0.4, 0.5) is 0 Å². The van der Waals surface area contributed by atoms with Crippen LogP contribution in [0.5, 0.6) is 0 Å². The SMILES string of the molecule is Cn1nccc1C(=O)N1CCCCC1CCO. The average molecular weight is 237 g/mol. The molecule has 0 saturated carbocycles. The van der Waals surface area contributed by atoms with Gasteiger partial charge < -0.3 is 10.0 Å². The minimum absolute atomic E-state index is 0.0307. The van der Waals surface area contributed by atoms with Gasteiger partial charge in [-0.1, -0.05) is 0 Å². The van der Waals surface area contributed by atoms with Gasteiger partial charge in [0.05, 0.1) is 0 Å². The van der Waals surface area contributed by atoms with Crippen LogP contribution in [0.3, 0.4) is 0 Å².